The fourth-order valence-electron chi connectivity index (χ4n) is 4.45. The molecule has 0 radical (unpaired) electrons. The number of carbonyl (C=O) groups excluding carboxylic acids is 1. The lowest BCUT2D eigenvalue weighted by molar-refractivity contribution is 0.0729. The maximum atomic E-state index is 13.7. The Kier molecular flexibility index (Phi) is 8.38. The third kappa shape index (κ3) is 5.89. The van der Waals surface area contributed by atoms with E-state index in [1.165, 1.54) is 39.3 Å². The van der Waals surface area contributed by atoms with E-state index in [0.717, 1.165) is 5.56 Å². The Morgan fingerprint density at radius 1 is 0.791 bits per heavy atom. The first-order valence-electron chi connectivity index (χ1n) is 13.2. The van der Waals surface area contributed by atoms with Gasteiger partial charge in [-0.15, -0.1) is 0 Å². The third-order valence-corrected chi connectivity index (χ3v) is 6.68. The minimum atomic E-state index is -0.511. The van der Waals surface area contributed by atoms with E-state index in [4.69, 9.17) is 28.7 Å². The zero-order chi connectivity index (χ0) is 30.5. The molecule has 1 aromatic heterocycles. The van der Waals surface area contributed by atoms with E-state index in [0.29, 0.717) is 50.6 Å². The largest absolute Gasteiger partial charge is 0.493 e. The van der Waals surface area contributed by atoms with Crippen molar-refractivity contribution < 1.29 is 28.5 Å². The highest BCUT2D eigenvalue weighted by Crippen LogP contribution is 2.41. The lowest BCUT2D eigenvalue weighted by atomic mass is 10.1. The fraction of sp³-hybridized carbons (Fsp3) is 0.152. The van der Waals surface area contributed by atoms with E-state index in [-0.39, 0.29) is 17.1 Å². The van der Waals surface area contributed by atoms with Crippen molar-refractivity contribution in [3.05, 3.63) is 106 Å². The first-order valence-corrected chi connectivity index (χ1v) is 13.2. The van der Waals surface area contributed by atoms with Crippen molar-refractivity contribution in [2.75, 3.05) is 28.4 Å². The van der Waals surface area contributed by atoms with Crippen molar-refractivity contribution >= 4 is 23.1 Å². The van der Waals surface area contributed by atoms with E-state index < -0.39 is 5.97 Å². The van der Waals surface area contributed by atoms with Gasteiger partial charge >= 0.3 is 5.97 Å². The molecule has 0 bridgehead atoms. The first-order chi connectivity index (χ1) is 20.9. The number of ether oxygens (including phenoxy) is 5. The van der Waals surface area contributed by atoms with Crippen LogP contribution in [0.5, 0.6) is 28.7 Å². The molecule has 43 heavy (non-hydrogen) atoms. The predicted molar refractivity (Wildman–Crippen MR) is 163 cm³/mol. The van der Waals surface area contributed by atoms with Crippen LogP contribution >= 0.6 is 0 Å². The monoisotopic (exact) mass is 579 g/mol. The standard InChI is InChI=1S/C33H29N3O7/c1-20-10-13-22(14-11-20)33(38)43-26-15-12-21(16-27(26)39-2)19-34-36-31(35-25-9-7-6-8-24(25)32(36)37)23-17-28(40-3)30(42-5)29(18-23)41-4/h6-19H,1-5H3. The van der Waals surface area contributed by atoms with Crippen LogP contribution in [0.25, 0.3) is 22.3 Å². The third-order valence-electron chi connectivity index (χ3n) is 6.68. The molecule has 0 fully saturated rings. The van der Waals surface area contributed by atoms with Crippen LogP contribution in [0.3, 0.4) is 0 Å². The number of nitrogens with zero attached hydrogens (tertiary/aromatic N) is 3. The van der Waals surface area contributed by atoms with Gasteiger partial charge in [-0.05, 0) is 67.1 Å². The molecular weight excluding hydrogens is 550 g/mol. The molecule has 5 aromatic rings. The number of rotatable bonds is 9. The number of esters is 1. The second kappa shape index (κ2) is 12.5. The molecule has 0 saturated carbocycles. The summed E-state index contributed by atoms with van der Waals surface area (Å²) in [5, 5.41) is 4.91. The molecule has 0 amide bonds. The van der Waals surface area contributed by atoms with Crippen LogP contribution in [0.4, 0.5) is 0 Å². The first kappa shape index (κ1) is 28.9. The fourth-order valence-corrected chi connectivity index (χ4v) is 4.45. The summed E-state index contributed by atoms with van der Waals surface area (Å²) in [7, 11) is 6.00. The second-order valence-corrected chi connectivity index (χ2v) is 9.39. The van der Waals surface area contributed by atoms with Crippen molar-refractivity contribution in [1.29, 1.82) is 0 Å². The van der Waals surface area contributed by atoms with Gasteiger partial charge < -0.3 is 23.7 Å². The summed E-state index contributed by atoms with van der Waals surface area (Å²) in [6, 6.07) is 22.4. The van der Waals surface area contributed by atoms with Gasteiger partial charge in [0.15, 0.2) is 28.8 Å². The number of aryl methyl sites for hydroxylation is 1. The van der Waals surface area contributed by atoms with Crippen LogP contribution in [-0.4, -0.2) is 50.3 Å². The lowest BCUT2D eigenvalue weighted by Gasteiger charge is -2.15. The maximum Gasteiger partial charge on any atom is 0.343 e. The zero-order valence-electron chi connectivity index (χ0n) is 24.3. The molecule has 10 heteroatoms. The number of para-hydroxylation sites is 1. The molecule has 4 aromatic carbocycles. The second-order valence-electron chi connectivity index (χ2n) is 9.39. The van der Waals surface area contributed by atoms with E-state index in [2.05, 4.69) is 5.10 Å². The van der Waals surface area contributed by atoms with Crippen molar-refractivity contribution in [2.45, 2.75) is 6.92 Å². The quantitative estimate of drug-likeness (QED) is 0.128. The van der Waals surface area contributed by atoms with E-state index in [1.54, 1.807) is 66.7 Å². The van der Waals surface area contributed by atoms with Crippen molar-refractivity contribution in [3.63, 3.8) is 0 Å². The molecule has 10 nitrogen and oxygen atoms in total. The number of carbonyl (C=O) groups is 1. The highest BCUT2D eigenvalue weighted by molar-refractivity contribution is 5.91. The van der Waals surface area contributed by atoms with Gasteiger partial charge in [-0.25, -0.2) is 9.78 Å². The van der Waals surface area contributed by atoms with Gasteiger partial charge in [-0.2, -0.15) is 9.78 Å². The van der Waals surface area contributed by atoms with Crippen LogP contribution in [0.15, 0.2) is 88.8 Å². The molecule has 0 aliphatic carbocycles. The highest BCUT2D eigenvalue weighted by Gasteiger charge is 2.19. The normalized spacial score (nSPS) is 11.0. The van der Waals surface area contributed by atoms with Gasteiger partial charge in [-0.3, -0.25) is 4.79 Å². The van der Waals surface area contributed by atoms with E-state index in [1.807, 2.05) is 19.1 Å². The van der Waals surface area contributed by atoms with E-state index in [9.17, 15) is 9.59 Å². The van der Waals surface area contributed by atoms with Gasteiger partial charge in [0.05, 0.1) is 51.1 Å². The SMILES string of the molecule is COc1cc(C=Nn2c(-c3cc(OC)c(OC)c(OC)c3)nc3ccccc3c2=O)ccc1OC(=O)c1ccc(C)cc1. The van der Waals surface area contributed by atoms with Crippen LogP contribution in [0.1, 0.15) is 21.5 Å². The Balaban J connectivity index is 1.56. The molecule has 0 atom stereocenters. The molecule has 5 rings (SSSR count). The molecule has 0 aliphatic rings. The summed E-state index contributed by atoms with van der Waals surface area (Å²) in [6.45, 7) is 1.94. The molecular formula is C33H29N3O7. The average Bonchev–Trinajstić information content (AvgIpc) is 3.04. The molecule has 218 valence electrons. The summed E-state index contributed by atoms with van der Waals surface area (Å²) in [4.78, 5) is 31.1. The summed E-state index contributed by atoms with van der Waals surface area (Å²) in [5.41, 5.74) is 2.69. The van der Waals surface area contributed by atoms with Crippen LogP contribution in [0.2, 0.25) is 0 Å². The molecule has 0 aliphatic heterocycles. The number of fused-ring (bicyclic) bond motifs is 1. The summed E-state index contributed by atoms with van der Waals surface area (Å²) in [6.07, 6.45) is 1.49. The Hall–Kier alpha value is -5.64. The summed E-state index contributed by atoms with van der Waals surface area (Å²) < 4.78 is 28.8. The number of hydrogen-bond acceptors (Lipinski definition) is 9. The molecule has 0 N–H and O–H groups in total. The maximum absolute atomic E-state index is 13.7. The zero-order valence-corrected chi connectivity index (χ0v) is 24.3. The van der Waals surface area contributed by atoms with Gasteiger partial charge in [0.25, 0.3) is 5.56 Å². The Morgan fingerprint density at radius 3 is 2.12 bits per heavy atom. The minimum absolute atomic E-state index is 0.243. The number of methoxy groups -OCH3 is 4. The van der Waals surface area contributed by atoms with Crippen LogP contribution in [0, 0.1) is 6.92 Å². The molecule has 1 heterocycles. The van der Waals surface area contributed by atoms with Gasteiger partial charge in [0, 0.05) is 5.56 Å². The molecule has 0 unspecified atom stereocenters. The van der Waals surface area contributed by atoms with Crippen LogP contribution in [-0.2, 0) is 0 Å². The number of aromatic nitrogens is 2. The number of benzene rings is 4. The average molecular weight is 580 g/mol. The van der Waals surface area contributed by atoms with Crippen molar-refractivity contribution in [1.82, 2.24) is 9.66 Å². The van der Waals surface area contributed by atoms with Gasteiger partial charge in [0.1, 0.15) is 0 Å². The van der Waals surface area contributed by atoms with E-state index >= 15 is 0 Å². The Bertz CT molecular complexity index is 1870. The van der Waals surface area contributed by atoms with Crippen molar-refractivity contribution in [3.8, 4) is 40.1 Å². The smallest absolute Gasteiger partial charge is 0.343 e. The summed E-state index contributed by atoms with van der Waals surface area (Å²) >= 11 is 0. The summed E-state index contributed by atoms with van der Waals surface area (Å²) in [5.74, 6) is 1.51. The topological polar surface area (TPSA) is 110 Å². The Labute approximate surface area is 247 Å². The number of hydrogen-bond donors (Lipinski definition) is 0. The predicted octanol–water partition coefficient (Wildman–Crippen LogP) is 5.51. The minimum Gasteiger partial charge on any atom is -0.493 e. The molecule has 0 spiro atoms. The molecule has 0 saturated heterocycles. The van der Waals surface area contributed by atoms with Crippen molar-refractivity contribution in [2.24, 2.45) is 5.10 Å². The van der Waals surface area contributed by atoms with Gasteiger partial charge in [0.2, 0.25) is 5.75 Å². The lowest BCUT2D eigenvalue weighted by Crippen LogP contribution is -2.20. The van der Waals surface area contributed by atoms with Crippen LogP contribution < -0.4 is 29.2 Å². The highest BCUT2D eigenvalue weighted by atomic mass is 16.6. The van der Waals surface area contributed by atoms with Gasteiger partial charge in [-0.1, -0.05) is 29.8 Å². The Morgan fingerprint density at radius 2 is 1.47 bits per heavy atom.